The molecule has 0 spiro atoms. The van der Waals surface area contributed by atoms with Crippen LogP contribution >= 0.6 is 0 Å². The number of hydrogen-bond donors (Lipinski definition) is 1. The quantitative estimate of drug-likeness (QED) is 0.860. The number of rotatable bonds is 6. The Morgan fingerprint density at radius 2 is 1.95 bits per heavy atom. The van der Waals surface area contributed by atoms with Crippen molar-refractivity contribution in [3.8, 4) is 11.5 Å². The highest BCUT2D eigenvalue weighted by Gasteiger charge is 2.13. The lowest BCUT2D eigenvalue weighted by Gasteiger charge is -2.15. The molecule has 0 heterocycles. The molecule has 4 heteroatoms. The molecule has 0 saturated heterocycles. The molecule has 106 valence electrons. The average molecular weight is 265 g/mol. The van der Waals surface area contributed by atoms with Crippen molar-refractivity contribution in [2.75, 3.05) is 7.11 Å². The van der Waals surface area contributed by atoms with Crippen molar-refractivity contribution in [2.45, 2.75) is 46.3 Å². The first-order valence-corrected chi connectivity index (χ1v) is 6.63. The van der Waals surface area contributed by atoms with Gasteiger partial charge in [0, 0.05) is 11.6 Å². The first kappa shape index (κ1) is 15.3. The summed E-state index contributed by atoms with van der Waals surface area (Å²) in [6.45, 7) is 7.91. The second-order valence-electron chi connectivity index (χ2n) is 4.82. The van der Waals surface area contributed by atoms with Gasteiger partial charge in [-0.3, -0.25) is 4.79 Å². The molecule has 0 aliphatic rings. The van der Waals surface area contributed by atoms with E-state index in [-0.39, 0.29) is 18.1 Å². The molecule has 1 aromatic rings. The summed E-state index contributed by atoms with van der Waals surface area (Å²) in [5, 5.41) is 2.92. The molecule has 1 unspecified atom stereocenters. The standard InChI is InChI=1S/C15H23NO3/c1-6-11(4)16-15(17)12-7-8-13(19-10(2)3)14(9-12)18-5/h7-11H,6H2,1-5H3,(H,16,17). The Balaban J connectivity index is 2.90. The molecule has 1 atom stereocenters. The Labute approximate surface area is 115 Å². The topological polar surface area (TPSA) is 47.6 Å². The number of carbonyl (C=O) groups excluding carboxylic acids is 1. The number of methoxy groups -OCH3 is 1. The first-order valence-electron chi connectivity index (χ1n) is 6.63. The number of amides is 1. The maximum absolute atomic E-state index is 12.0. The van der Waals surface area contributed by atoms with Crippen LogP contribution < -0.4 is 14.8 Å². The third-order valence-corrected chi connectivity index (χ3v) is 2.78. The van der Waals surface area contributed by atoms with Crippen LogP contribution in [-0.2, 0) is 0 Å². The van der Waals surface area contributed by atoms with Gasteiger partial charge in [-0.1, -0.05) is 6.92 Å². The van der Waals surface area contributed by atoms with Crippen molar-refractivity contribution in [3.63, 3.8) is 0 Å². The molecule has 0 bridgehead atoms. The fourth-order valence-electron chi connectivity index (χ4n) is 1.57. The lowest BCUT2D eigenvalue weighted by Crippen LogP contribution is -2.31. The second-order valence-corrected chi connectivity index (χ2v) is 4.82. The monoisotopic (exact) mass is 265 g/mol. The van der Waals surface area contributed by atoms with Gasteiger partial charge < -0.3 is 14.8 Å². The summed E-state index contributed by atoms with van der Waals surface area (Å²) in [5.74, 6) is 1.13. The van der Waals surface area contributed by atoms with Crippen LogP contribution in [0.1, 0.15) is 44.5 Å². The van der Waals surface area contributed by atoms with Crippen LogP contribution in [0.3, 0.4) is 0 Å². The minimum absolute atomic E-state index is 0.0636. The van der Waals surface area contributed by atoms with Crippen molar-refractivity contribution in [1.29, 1.82) is 0 Å². The van der Waals surface area contributed by atoms with Gasteiger partial charge in [0.1, 0.15) is 0 Å². The summed E-state index contributed by atoms with van der Waals surface area (Å²) in [7, 11) is 1.57. The molecule has 0 fully saturated rings. The molecule has 19 heavy (non-hydrogen) atoms. The van der Waals surface area contributed by atoms with Crippen LogP contribution in [-0.4, -0.2) is 25.2 Å². The van der Waals surface area contributed by atoms with Crippen molar-refractivity contribution in [3.05, 3.63) is 23.8 Å². The molecular formula is C15H23NO3. The zero-order valence-corrected chi connectivity index (χ0v) is 12.3. The number of benzene rings is 1. The number of nitrogens with one attached hydrogen (secondary N) is 1. The van der Waals surface area contributed by atoms with Gasteiger partial charge in [0.05, 0.1) is 13.2 Å². The van der Waals surface area contributed by atoms with Gasteiger partial charge in [-0.25, -0.2) is 0 Å². The second kappa shape index (κ2) is 7.02. The molecule has 1 aromatic carbocycles. The van der Waals surface area contributed by atoms with Gasteiger partial charge in [-0.15, -0.1) is 0 Å². The van der Waals surface area contributed by atoms with Gasteiger partial charge >= 0.3 is 0 Å². The van der Waals surface area contributed by atoms with Crippen molar-refractivity contribution in [2.24, 2.45) is 0 Å². The van der Waals surface area contributed by atoms with Crippen molar-refractivity contribution >= 4 is 5.91 Å². The molecule has 0 aromatic heterocycles. The summed E-state index contributed by atoms with van der Waals surface area (Å²) in [4.78, 5) is 12.0. The van der Waals surface area contributed by atoms with E-state index in [4.69, 9.17) is 9.47 Å². The zero-order valence-electron chi connectivity index (χ0n) is 12.3. The van der Waals surface area contributed by atoms with E-state index >= 15 is 0 Å². The van der Waals surface area contributed by atoms with E-state index in [0.717, 1.165) is 6.42 Å². The van der Waals surface area contributed by atoms with Crippen molar-refractivity contribution < 1.29 is 14.3 Å². The SMILES string of the molecule is CCC(C)NC(=O)c1ccc(OC(C)C)c(OC)c1. The van der Waals surface area contributed by atoms with Gasteiger partial charge in [0.25, 0.3) is 5.91 Å². The van der Waals surface area contributed by atoms with E-state index < -0.39 is 0 Å². The molecule has 0 aliphatic heterocycles. The summed E-state index contributed by atoms with van der Waals surface area (Å²) >= 11 is 0. The van der Waals surface area contributed by atoms with E-state index in [1.165, 1.54) is 0 Å². The van der Waals surface area contributed by atoms with E-state index in [9.17, 15) is 4.79 Å². The highest BCUT2D eigenvalue weighted by molar-refractivity contribution is 5.95. The molecule has 0 aliphatic carbocycles. The zero-order chi connectivity index (χ0) is 14.4. The van der Waals surface area contributed by atoms with Crippen LogP contribution in [0, 0.1) is 0 Å². The molecule has 0 radical (unpaired) electrons. The minimum atomic E-state index is -0.0938. The van der Waals surface area contributed by atoms with E-state index in [1.807, 2.05) is 27.7 Å². The summed E-state index contributed by atoms with van der Waals surface area (Å²) in [6.07, 6.45) is 0.964. The molecule has 1 rings (SSSR count). The summed E-state index contributed by atoms with van der Waals surface area (Å²) in [6, 6.07) is 5.38. The third kappa shape index (κ3) is 4.47. The normalized spacial score (nSPS) is 12.1. The van der Waals surface area contributed by atoms with Crippen LogP contribution in [0.5, 0.6) is 11.5 Å². The number of ether oxygens (including phenoxy) is 2. The van der Waals surface area contributed by atoms with E-state index in [1.54, 1.807) is 25.3 Å². The predicted octanol–water partition coefficient (Wildman–Crippen LogP) is 3.01. The lowest BCUT2D eigenvalue weighted by molar-refractivity contribution is 0.0939. The van der Waals surface area contributed by atoms with Crippen LogP contribution in [0.4, 0.5) is 0 Å². The number of carbonyl (C=O) groups is 1. The predicted molar refractivity (Wildman–Crippen MR) is 76.0 cm³/mol. The van der Waals surface area contributed by atoms with E-state index in [2.05, 4.69) is 5.32 Å². The molecule has 4 nitrogen and oxygen atoms in total. The maximum Gasteiger partial charge on any atom is 0.251 e. The Morgan fingerprint density at radius 3 is 2.47 bits per heavy atom. The molecule has 0 saturated carbocycles. The highest BCUT2D eigenvalue weighted by Crippen LogP contribution is 2.28. The van der Waals surface area contributed by atoms with Gasteiger partial charge in [-0.05, 0) is 45.4 Å². The van der Waals surface area contributed by atoms with Crippen LogP contribution in [0.2, 0.25) is 0 Å². The largest absolute Gasteiger partial charge is 0.493 e. The van der Waals surface area contributed by atoms with Gasteiger partial charge in [0.2, 0.25) is 0 Å². The Kier molecular flexibility index (Phi) is 5.67. The average Bonchev–Trinajstić information content (AvgIpc) is 2.38. The fourth-order valence-corrected chi connectivity index (χ4v) is 1.57. The van der Waals surface area contributed by atoms with Gasteiger partial charge in [0.15, 0.2) is 11.5 Å². The number of hydrogen-bond acceptors (Lipinski definition) is 3. The summed E-state index contributed by atoms with van der Waals surface area (Å²) < 4.78 is 10.9. The maximum atomic E-state index is 12.0. The van der Waals surface area contributed by atoms with Crippen LogP contribution in [0.25, 0.3) is 0 Å². The molecule has 1 N–H and O–H groups in total. The molecular weight excluding hydrogens is 242 g/mol. The smallest absolute Gasteiger partial charge is 0.251 e. The fraction of sp³-hybridized carbons (Fsp3) is 0.533. The Bertz CT molecular complexity index is 429. The Morgan fingerprint density at radius 1 is 1.26 bits per heavy atom. The van der Waals surface area contributed by atoms with Crippen LogP contribution in [0.15, 0.2) is 18.2 Å². The lowest BCUT2D eigenvalue weighted by atomic mass is 10.1. The third-order valence-electron chi connectivity index (χ3n) is 2.78. The van der Waals surface area contributed by atoms with Crippen molar-refractivity contribution in [1.82, 2.24) is 5.32 Å². The first-order chi connectivity index (χ1) is 8.97. The highest BCUT2D eigenvalue weighted by atomic mass is 16.5. The van der Waals surface area contributed by atoms with Gasteiger partial charge in [-0.2, -0.15) is 0 Å². The summed E-state index contributed by atoms with van der Waals surface area (Å²) in [5.41, 5.74) is 0.577. The minimum Gasteiger partial charge on any atom is -0.493 e. The Hall–Kier alpha value is -1.71. The van der Waals surface area contributed by atoms with E-state index in [0.29, 0.717) is 17.1 Å². The molecule has 1 amide bonds.